The second kappa shape index (κ2) is 13.4. The lowest BCUT2D eigenvalue weighted by atomic mass is 9.70. The Morgan fingerprint density at radius 2 is 0.930 bits per heavy atom. The van der Waals surface area contributed by atoms with Crippen LogP contribution in [0.5, 0.6) is 11.5 Å². The Labute approximate surface area is 255 Å². The third kappa shape index (κ3) is 6.01. The van der Waals surface area contributed by atoms with Gasteiger partial charge in [0, 0.05) is 5.41 Å². The van der Waals surface area contributed by atoms with Gasteiger partial charge in [0.15, 0.2) is 12.6 Å². The summed E-state index contributed by atoms with van der Waals surface area (Å²) < 4.78 is 0. The largest absolute Gasteiger partial charge is 0.507 e. The van der Waals surface area contributed by atoms with Gasteiger partial charge in [-0.1, -0.05) is 102 Å². The van der Waals surface area contributed by atoms with Crippen LogP contribution in [0.4, 0.5) is 0 Å². The molecule has 0 saturated heterocycles. The second-order valence-corrected chi connectivity index (χ2v) is 12.0. The van der Waals surface area contributed by atoms with E-state index in [4.69, 9.17) is 0 Å². The number of hydrogen-bond acceptors (Lipinski definition) is 4. The molecule has 5 rings (SSSR count). The smallest absolute Gasteiger partial charge is 0.153 e. The van der Waals surface area contributed by atoms with Gasteiger partial charge in [-0.05, 0) is 93.7 Å². The summed E-state index contributed by atoms with van der Waals surface area (Å²) >= 11 is 0. The summed E-state index contributed by atoms with van der Waals surface area (Å²) in [5.74, 6) is -0.00894. The number of fused-ring (bicyclic) bond motifs is 3. The third-order valence-corrected chi connectivity index (χ3v) is 9.26. The molecule has 4 aromatic rings. The summed E-state index contributed by atoms with van der Waals surface area (Å²) in [4.78, 5) is 22.6. The van der Waals surface area contributed by atoms with Crippen molar-refractivity contribution in [2.45, 2.75) is 83.5 Å². The zero-order chi connectivity index (χ0) is 30.4. The summed E-state index contributed by atoms with van der Waals surface area (Å²) in [5, 5.41) is 20.9. The number of aromatic hydroxyl groups is 2. The SMILES string of the molecule is CCCCCCC1(CCCCCC)c2cc(-c3ccc(C=O)c(O)c3)ccc2-c2ccc(-c3ccc(C=O)c(O)c3)cc21. The van der Waals surface area contributed by atoms with Crippen molar-refractivity contribution in [3.8, 4) is 44.9 Å². The van der Waals surface area contributed by atoms with E-state index >= 15 is 0 Å². The lowest BCUT2D eigenvalue weighted by Crippen LogP contribution is -2.25. The maximum atomic E-state index is 11.3. The van der Waals surface area contributed by atoms with Gasteiger partial charge >= 0.3 is 0 Å². The van der Waals surface area contributed by atoms with Crippen molar-refractivity contribution in [3.63, 3.8) is 0 Å². The molecule has 4 heteroatoms. The molecule has 1 aliphatic rings. The molecule has 0 amide bonds. The van der Waals surface area contributed by atoms with E-state index in [9.17, 15) is 19.8 Å². The standard InChI is InChI=1S/C39H42O4/c1-3-5-7-9-19-39(20-10-8-6-4-2)35-21-27(29-11-13-31(25-40)37(42)23-29)15-17-33(35)34-18-16-28(22-36(34)39)30-12-14-32(26-41)38(43)24-30/h11-18,21-26,42-43H,3-10,19-20H2,1-2H3. The maximum absolute atomic E-state index is 11.3. The monoisotopic (exact) mass is 574 g/mol. The molecule has 4 aromatic carbocycles. The molecule has 4 nitrogen and oxygen atoms in total. The summed E-state index contributed by atoms with van der Waals surface area (Å²) in [6, 6.07) is 23.9. The first-order valence-corrected chi connectivity index (χ1v) is 15.8. The number of aldehydes is 2. The first-order valence-electron chi connectivity index (χ1n) is 15.8. The molecule has 1 aliphatic carbocycles. The van der Waals surface area contributed by atoms with Crippen LogP contribution in [0.2, 0.25) is 0 Å². The van der Waals surface area contributed by atoms with E-state index in [0.717, 1.165) is 47.9 Å². The number of hydrogen-bond donors (Lipinski definition) is 2. The molecule has 0 bridgehead atoms. The average Bonchev–Trinajstić information content (AvgIpc) is 3.29. The van der Waals surface area contributed by atoms with Crippen molar-refractivity contribution in [2.24, 2.45) is 0 Å². The fourth-order valence-electron chi connectivity index (χ4n) is 6.87. The zero-order valence-electron chi connectivity index (χ0n) is 25.4. The Hall–Kier alpha value is -4.18. The molecule has 0 fully saturated rings. The van der Waals surface area contributed by atoms with Crippen LogP contribution in [0.3, 0.4) is 0 Å². The molecule has 43 heavy (non-hydrogen) atoms. The van der Waals surface area contributed by atoms with Crippen LogP contribution in [0, 0.1) is 0 Å². The Bertz CT molecular complexity index is 1500. The second-order valence-electron chi connectivity index (χ2n) is 12.0. The summed E-state index contributed by atoms with van der Waals surface area (Å²) in [7, 11) is 0. The van der Waals surface area contributed by atoms with E-state index in [0.29, 0.717) is 23.7 Å². The minimum absolute atomic E-state index is 0.00447. The Kier molecular flexibility index (Phi) is 9.45. The topological polar surface area (TPSA) is 74.6 Å². The van der Waals surface area contributed by atoms with Crippen LogP contribution in [0.15, 0.2) is 72.8 Å². The van der Waals surface area contributed by atoms with Crippen LogP contribution < -0.4 is 0 Å². The van der Waals surface area contributed by atoms with E-state index < -0.39 is 0 Å². The number of benzene rings is 4. The van der Waals surface area contributed by atoms with Gasteiger partial charge in [0.05, 0.1) is 11.1 Å². The van der Waals surface area contributed by atoms with Gasteiger partial charge in [-0.2, -0.15) is 0 Å². The first kappa shape index (κ1) is 30.3. The molecule has 222 valence electrons. The highest BCUT2D eigenvalue weighted by molar-refractivity contribution is 5.88. The van der Waals surface area contributed by atoms with Gasteiger partial charge in [-0.3, -0.25) is 9.59 Å². The average molecular weight is 575 g/mol. The van der Waals surface area contributed by atoms with Gasteiger partial charge in [0.25, 0.3) is 0 Å². The van der Waals surface area contributed by atoms with Gasteiger partial charge in [-0.15, -0.1) is 0 Å². The Morgan fingerprint density at radius 1 is 0.535 bits per heavy atom. The van der Waals surface area contributed by atoms with Crippen molar-refractivity contribution in [2.75, 3.05) is 0 Å². The third-order valence-electron chi connectivity index (χ3n) is 9.26. The van der Waals surface area contributed by atoms with Gasteiger partial charge < -0.3 is 10.2 Å². The molecular weight excluding hydrogens is 532 g/mol. The van der Waals surface area contributed by atoms with Crippen molar-refractivity contribution >= 4 is 12.6 Å². The maximum Gasteiger partial charge on any atom is 0.153 e. The van der Waals surface area contributed by atoms with Crippen molar-refractivity contribution < 1.29 is 19.8 Å². The van der Waals surface area contributed by atoms with E-state index in [1.165, 1.54) is 60.8 Å². The number of unbranched alkanes of at least 4 members (excludes halogenated alkanes) is 6. The van der Waals surface area contributed by atoms with Crippen LogP contribution in [-0.4, -0.2) is 22.8 Å². The fraction of sp³-hybridized carbons (Fsp3) is 0.333. The highest BCUT2D eigenvalue weighted by Crippen LogP contribution is 2.56. The highest BCUT2D eigenvalue weighted by atomic mass is 16.3. The molecule has 0 spiro atoms. The van der Waals surface area contributed by atoms with Gasteiger partial charge in [0.2, 0.25) is 0 Å². The molecule has 2 N–H and O–H groups in total. The molecule has 0 saturated carbocycles. The molecule has 0 heterocycles. The lowest BCUT2D eigenvalue weighted by Gasteiger charge is -2.33. The first-order chi connectivity index (χ1) is 20.9. The highest BCUT2D eigenvalue weighted by Gasteiger charge is 2.42. The Morgan fingerprint density at radius 3 is 1.30 bits per heavy atom. The van der Waals surface area contributed by atoms with E-state index in [1.54, 1.807) is 24.3 Å². The molecule has 0 aliphatic heterocycles. The van der Waals surface area contributed by atoms with Gasteiger partial charge in [-0.25, -0.2) is 0 Å². The summed E-state index contributed by atoms with van der Waals surface area (Å²) in [5.41, 5.74) is 9.43. The molecule has 0 radical (unpaired) electrons. The minimum Gasteiger partial charge on any atom is -0.507 e. The normalized spacial score (nSPS) is 13.0. The predicted octanol–water partition coefficient (Wildman–Crippen LogP) is 10.3. The van der Waals surface area contributed by atoms with Crippen molar-refractivity contribution in [1.82, 2.24) is 0 Å². The zero-order valence-corrected chi connectivity index (χ0v) is 25.4. The quantitative estimate of drug-likeness (QED) is 0.116. The molecule has 0 unspecified atom stereocenters. The van der Waals surface area contributed by atoms with Crippen LogP contribution in [-0.2, 0) is 5.41 Å². The van der Waals surface area contributed by atoms with Crippen molar-refractivity contribution in [1.29, 1.82) is 0 Å². The number of carbonyl (C=O) groups is 2. The molecule has 0 aromatic heterocycles. The molecule has 0 atom stereocenters. The number of rotatable bonds is 14. The van der Waals surface area contributed by atoms with E-state index in [2.05, 4.69) is 50.2 Å². The van der Waals surface area contributed by atoms with Gasteiger partial charge in [0.1, 0.15) is 11.5 Å². The van der Waals surface area contributed by atoms with Crippen LogP contribution in [0.25, 0.3) is 33.4 Å². The summed E-state index contributed by atoms with van der Waals surface area (Å²) in [6.45, 7) is 4.49. The van der Waals surface area contributed by atoms with Crippen LogP contribution in [0.1, 0.15) is 110 Å². The van der Waals surface area contributed by atoms with E-state index in [1.807, 2.05) is 12.1 Å². The number of phenols is 2. The fourth-order valence-corrected chi connectivity index (χ4v) is 6.87. The minimum atomic E-state index is -0.159. The number of carbonyl (C=O) groups excluding carboxylic acids is 2. The number of phenolic OH excluding ortho intramolecular Hbond substituents is 2. The van der Waals surface area contributed by atoms with Crippen molar-refractivity contribution in [3.05, 3.63) is 95.1 Å². The lowest BCUT2D eigenvalue weighted by molar-refractivity contribution is 0.111. The molecular formula is C39H42O4. The predicted molar refractivity (Wildman–Crippen MR) is 175 cm³/mol. The van der Waals surface area contributed by atoms with Crippen LogP contribution >= 0.6 is 0 Å². The van der Waals surface area contributed by atoms with E-state index in [-0.39, 0.29) is 16.9 Å². The summed E-state index contributed by atoms with van der Waals surface area (Å²) in [6.07, 6.45) is 12.9. The Balaban J connectivity index is 1.66.